The second kappa shape index (κ2) is 8.52. The molecule has 1 atom stereocenters. The van der Waals surface area contributed by atoms with Gasteiger partial charge in [0.05, 0.1) is 11.3 Å². The molecule has 9 heteroatoms. The second-order valence-electron chi connectivity index (χ2n) is 5.35. The number of rotatable bonds is 6. The average Bonchev–Trinajstić information content (AvgIpc) is 2.58. The fourth-order valence-corrected chi connectivity index (χ4v) is 2.30. The van der Waals surface area contributed by atoms with E-state index in [9.17, 15) is 24.1 Å². The summed E-state index contributed by atoms with van der Waals surface area (Å²) in [6, 6.07) is 9.99. The van der Waals surface area contributed by atoms with E-state index in [1.54, 1.807) is 24.3 Å². The van der Waals surface area contributed by atoms with Gasteiger partial charge in [0, 0.05) is 16.2 Å². The molecular formula is C17H14BrFN2O5. The normalized spacial score (nSPS) is 11.5. The number of nitrogens with one attached hydrogen (secondary N) is 1. The molecule has 0 saturated heterocycles. The van der Waals surface area contributed by atoms with Crippen LogP contribution in [0.25, 0.3) is 0 Å². The molecule has 1 amide bonds. The highest BCUT2D eigenvalue weighted by Crippen LogP contribution is 2.21. The third-order valence-corrected chi connectivity index (χ3v) is 3.88. The average molecular weight is 425 g/mol. The number of ether oxygens (including phenoxy) is 1. The van der Waals surface area contributed by atoms with Gasteiger partial charge in [-0.2, -0.15) is 4.39 Å². The first kappa shape index (κ1) is 19.5. The number of halogens is 2. The largest absolute Gasteiger partial charge is 0.452 e. The van der Waals surface area contributed by atoms with E-state index in [1.807, 2.05) is 0 Å². The molecule has 0 aliphatic heterocycles. The molecule has 0 aliphatic rings. The molecule has 0 radical (unpaired) electrons. The van der Waals surface area contributed by atoms with Crippen LogP contribution in [0.4, 0.5) is 15.8 Å². The molecule has 0 aliphatic carbocycles. The minimum Gasteiger partial charge on any atom is -0.452 e. The van der Waals surface area contributed by atoms with Crippen molar-refractivity contribution < 1.29 is 23.6 Å². The van der Waals surface area contributed by atoms with Crippen molar-refractivity contribution in [3.63, 3.8) is 0 Å². The number of hydrogen-bond donors (Lipinski definition) is 1. The summed E-state index contributed by atoms with van der Waals surface area (Å²) in [5, 5.41) is 13.1. The highest BCUT2D eigenvalue weighted by molar-refractivity contribution is 9.10. The number of amides is 1. The lowest BCUT2D eigenvalue weighted by atomic mass is 10.1. The quantitative estimate of drug-likeness (QED) is 0.433. The molecule has 1 unspecified atom stereocenters. The third-order valence-electron chi connectivity index (χ3n) is 3.35. The summed E-state index contributed by atoms with van der Waals surface area (Å²) in [5.74, 6) is -2.29. The van der Waals surface area contributed by atoms with E-state index >= 15 is 0 Å². The molecule has 7 nitrogen and oxygen atoms in total. The summed E-state index contributed by atoms with van der Waals surface area (Å²) < 4.78 is 19.2. The lowest BCUT2D eigenvalue weighted by Gasteiger charge is -2.13. The number of nitrogens with zero attached hydrogens (tertiary/aromatic N) is 1. The van der Waals surface area contributed by atoms with Gasteiger partial charge in [-0.25, -0.2) is 0 Å². The van der Waals surface area contributed by atoms with Crippen LogP contribution < -0.4 is 5.32 Å². The predicted molar refractivity (Wildman–Crippen MR) is 95.1 cm³/mol. The van der Waals surface area contributed by atoms with Crippen molar-refractivity contribution in [3.8, 4) is 0 Å². The molecule has 2 aromatic rings. The lowest BCUT2D eigenvalue weighted by molar-refractivity contribution is -0.387. The van der Waals surface area contributed by atoms with Crippen LogP contribution >= 0.6 is 15.9 Å². The maximum absolute atomic E-state index is 13.3. The summed E-state index contributed by atoms with van der Waals surface area (Å²) in [4.78, 5) is 33.8. The molecule has 0 spiro atoms. The maximum Gasteiger partial charge on any atom is 0.311 e. The Morgan fingerprint density at radius 2 is 1.92 bits per heavy atom. The van der Waals surface area contributed by atoms with Gasteiger partial charge >= 0.3 is 11.7 Å². The molecule has 2 rings (SSSR count). The van der Waals surface area contributed by atoms with Gasteiger partial charge in [0.2, 0.25) is 5.82 Å². The summed E-state index contributed by atoms with van der Waals surface area (Å²) >= 11 is 3.29. The Kier molecular flexibility index (Phi) is 6.40. The smallest absolute Gasteiger partial charge is 0.311 e. The number of nitro groups is 1. The van der Waals surface area contributed by atoms with E-state index in [0.29, 0.717) is 0 Å². The van der Waals surface area contributed by atoms with Crippen molar-refractivity contribution in [1.29, 1.82) is 0 Å². The maximum atomic E-state index is 13.3. The van der Waals surface area contributed by atoms with Gasteiger partial charge in [-0.15, -0.1) is 0 Å². The lowest BCUT2D eigenvalue weighted by Crippen LogP contribution is -2.30. The summed E-state index contributed by atoms with van der Waals surface area (Å²) in [6.07, 6.45) is -1.13. The molecule has 0 heterocycles. The van der Waals surface area contributed by atoms with Crippen molar-refractivity contribution in [3.05, 3.63) is 68.4 Å². The van der Waals surface area contributed by atoms with Crippen molar-refractivity contribution in [1.82, 2.24) is 0 Å². The molecular weight excluding hydrogens is 411 g/mol. The van der Waals surface area contributed by atoms with Gasteiger partial charge in [-0.1, -0.05) is 28.1 Å². The molecule has 0 aromatic heterocycles. The first-order chi connectivity index (χ1) is 12.3. The van der Waals surface area contributed by atoms with Gasteiger partial charge in [0.15, 0.2) is 6.10 Å². The van der Waals surface area contributed by atoms with Crippen LogP contribution in [-0.4, -0.2) is 22.9 Å². The molecule has 136 valence electrons. The molecule has 0 saturated carbocycles. The fraction of sp³-hybridized carbons (Fsp3) is 0.176. The van der Waals surface area contributed by atoms with Crippen LogP contribution in [-0.2, 0) is 20.7 Å². The number of esters is 1. The Balaban J connectivity index is 1.94. The number of nitro benzene ring substituents is 1. The molecule has 0 bridgehead atoms. The Bertz CT molecular complexity index is 842. The highest BCUT2D eigenvalue weighted by Gasteiger charge is 2.20. The van der Waals surface area contributed by atoms with Crippen LogP contribution in [0.1, 0.15) is 12.5 Å². The van der Waals surface area contributed by atoms with Crippen LogP contribution in [0.3, 0.4) is 0 Å². The van der Waals surface area contributed by atoms with Crippen molar-refractivity contribution >= 4 is 39.2 Å². The zero-order valence-electron chi connectivity index (χ0n) is 13.6. The summed E-state index contributed by atoms with van der Waals surface area (Å²) in [5.41, 5.74) is -0.0124. The van der Waals surface area contributed by atoms with Gasteiger partial charge in [-0.05, 0) is 36.8 Å². The zero-order chi connectivity index (χ0) is 19.3. The minimum atomic E-state index is -1.12. The van der Waals surface area contributed by atoms with Crippen molar-refractivity contribution in [2.45, 2.75) is 19.4 Å². The van der Waals surface area contributed by atoms with E-state index in [-0.39, 0.29) is 12.1 Å². The van der Waals surface area contributed by atoms with Gasteiger partial charge in [0.1, 0.15) is 0 Å². The fourth-order valence-electron chi connectivity index (χ4n) is 2.04. The number of carbonyl (C=O) groups is 2. The van der Waals surface area contributed by atoms with Crippen molar-refractivity contribution in [2.75, 3.05) is 5.32 Å². The SMILES string of the molecule is CC(OC(=O)Cc1ccc(Br)cc1)C(=O)Nc1ccc(F)c([N+](=O)[O-])c1. The Morgan fingerprint density at radius 3 is 2.54 bits per heavy atom. The van der Waals surface area contributed by atoms with Gasteiger partial charge in [-0.3, -0.25) is 19.7 Å². The number of benzene rings is 2. The van der Waals surface area contributed by atoms with Crippen LogP contribution in [0.15, 0.2) is 46.9 Å². The van der Waals surface area contributed by atoms with Gasteiger partial charge in [0.25, 0.3) is 5.91 Å². The van der Waals surface area contributed by atoms with E-state index < -0.39 is 34.4 Å². The van der Waals surface area contributed by atoms with E-state index in [2.05, 4.69) is 21.2 Å². The highest BCUT2D eigenvalue weighted by atomic mass is 79.9. The monoisotopic (exact) mass is 424 g/mol. The summed E-state index contributed by atoms with van der Waals surface area (Å²) in [7, 11) is 0. The third kappa shape index (κ3) is 5.35. The first-order valence-corrected chi connectivity index (χ1v) is 8.24. The van der Waals surface area contributed by atoms with Crippen molar-refractivity contribution in [2.24, 2.45) is 0 Å². The topological polar surface area (TPSA) is 98.5 Å². The number of carbonyl (C=O) groups excluding carboxylic acids is 2. The number of hydrogen-bond acceptors (Lipinski definition) is 5. The van der Waals surface area contributed by atoms with E-state index in [1.165, 1.54) is 13.0 Å². The molecule has 26 heavy (non-hydrogen) atoms. The Hall–Kier alpha value is -2.81. The predicted octanol–water partition coefficient (Wildman–Crippen LogP) is 3.61. The Morgan fingerprint density at radius 1 is 1.27 bits per heavy atom. The van der Waals surface area contributed by atoms with Crippen LogP contribution in [0.5, 0.6) is 0 Å². The summed E-state index contributed by atoms with van der Waals surface area (Å²) in [6.45, 7) is 1.37. The van der Waals surface area contributed by atoms with Crippen LogP contribution in [0.2, 0.25) is 0 Å². The Labute approximate surface area is 156 Å². The number of anilines is 1. The second-order valence-corrected chi connectivity index (χ2v) is 6.26. The molecule has 1 N–H and O–H groups in total. The first-order valence-electron chi connectivity index (χ1n) is 7.45. The standard InChI is InChI=1S/C17H14BrFN2O5/c1-10(26-16(22)8-11-2-4-12(18)5-3-11)17(23)20-13-6-7-14(19)15(9-13)21(24)25/h2-7,9-10H,8H2,1H3,(H,20,23). The molecule has 0 fully saturated rings. The van der Waals surface area contributed by atoms with E-state index in [4.69, 9.17) is 4.74 Å². The van der Waals surface area contributed by atoms with E-state index in [0.717, 1.165) is 22.2 Å². The van der Waals surface area contributed by atoms with Gasteiger partial charge < -0.3 is 10.1 Å². The molecule has 2 aromatic carbocycles. The van der Waals surface area contributed by atoms with Crippen LogP contribution in [0, 0.1) is 15.9 Å². The minimum absolute atomic E-state index is 0.00702. The zero-order valence-corrected chi connectivity index (χ0v) is 15.2.